The van der Waals surface area contributed by atoms with Crippen LogP contribution in [0.15, 0.2) is 0 Å². The Labute approximate surface area is 149 Å². The molecule has 0 aromatic rings. The Bertz CT molecular complexity index is 164. The number of hydrogen-bond acceptors (Lipinski definition) is 10. The third-order valence-electron chi connectivity index (χ3n) is 1.64. The molecule has 0 aromatic heterocycles. The van der Waals surface area contributed by atoms with Crippen LogP contribution in [0.4, 0.5) is 0 Å². The predicted octanol–water partition coefficient (Wildman–Crippen LogP) is -2.92. The van der Waals surface area contributed by atoms with Crippen LogP contribution in [0, 0.1) is 0 Å². The average Bonchev–Trinajstić information content (AvgIpc) is 2.59. The van der Waals surface area contributed by atoms with Crippen LogP contribution in [0.1, 0.15) is 20.8 Å². The molecule has 0 spiro atoms. The first-order chi connectivity index (χ1) is 11.7. The summed E-state index contributed by atoms with van der Waals surface area (Å²) in [5, 5.41) is 64.5. The van der Waals surface area contributed by atoms with E-state index in [0.717, 1.165) is 0 Å². The Kier molecular flexibility index (Phi) is 40.5. The first kappa shape index (κ1) is 32.3. The summed E-state index contributed by atoms with van der Waals surface area (Å²) in [4.78, 5) is 0. The van der Waals surface area contributed by atoms with Crippen LogP contribution in [0.2, 0.25) is 0 Å². The molecule has 0 amide bonds. The largest absolute Gasteiger partial charge is 0.394 e. The van der Waals surface area contributed by atoms with Gasteiger partial charge in [-0.3, -0.25) is 0 Å². The molecule has 158 valence electrons. The van der Waals surface area contributed by atoms with E-state index in [1.54, 1.807) is 0 Å². The summed E-state index contributed by atoms with van der Waals surface area (Å²) < 4.78 is 9.75. The Hall–Kier alpha value is -0.400. The Balaban J connectivity index is -0.000000126. The van der Waals surface area contributed by atoms with E-state index in [4.69, 9.17) is 50.3 Å². The molecule has 25 heavy (non-hydrogen) atoms. The van der Waals surface area contributed by atoms with Crippen molar-refractivity contribution in [1.82, 2.24) is 0 Å². The second-order valence-corrected chi connectivity index (χ2v) is 4.77. The second-order valence-electron chi connectivity index (χ2n) is 4.77. The van der Waals surface area contributed by atoms with Crippen molar-refractivity contribution < 1.29 is 50.3 Å². The lowest BCUT2D eigenvalue weighted by Crippen LogP contribution is -2.09. The molecule has 8 N–H and O–H groups in total. The van der Waals surface area contributed by atoms with Crippen molar-refractivity contribution in [2.75, 3.05) is 59.5 Å². The maximum absolute atomic E-state index is 8.26. The third kappa shape index (κ3) is 69.4. The monoisotopic (exact) mass is 378 g/mol. The molecule has 10 nitrogen and oxygen atoms in total. The van der Waals surface area contributed by atoms with Gasteiger partial charge in [0.2, 0.25) is 0 Å². The summed E-state index contributed by atoms with van der Waals surface area (Å²) in [7, 11) is 0. The van der Waals surface area contributed by atoms with E-state index < -0.39 is 18.3 Å². The fourth-order valence-corrected chi connectivity index (χ4v) is 0.451. The van der Waals surface area contributed by atoms with Crippen LogP contribution in [0.5, 0.6) is 0 Å². The number of ether oxygens (including phenoxy) is 2. The van der Waals surface area contributed by atoms with E-state index in [9.17, 15) is 0 Å². The highest BCUT2D eigenvalue weighted by molar-refractivity contribution is 4.34. The molecule has 3 unspecified atom stereocenters. The van der Waals surface area contributed by atoms with Gasteiger partial charge in [0, 0.05) is 0 Å². The summed E-state index contributed by atoms with van der Waals surface area (Å²) in [6.45, 7) is 5.89. The van der Waals surface area contributed by atoms with Crippen molar-refractivity contribution in [2.24, 2.45) is 0 Å². The van der Waals surface area contributed by atoms with Crippen molar-refractivity contribution in [3.63, 3.8) is 0 Å². The molecular weight excluding hydrogens is 340 g/mol. The summed E-state index contributed by atoms with van der Waals surface area (Å²) >= 11 is 0. The number of aliphatic hydroxyl groups excluding tert-OH is 8. The molecule has 0 heterocycles. The molecular formula is C15H38O10. The van der Waals surface area contributed by atoms with Gasteiger partial charge >= 0.3 is 0 Å². The molecule has 0 bridgehead atoms. The van der Waals surface area contributed by atoms with Gasteiger partial charge in [-0.05, 0) is 20.8 Å². The van der Waals surface area contributed by atoms with Gasteiger partial charge in [-0.15, -0.1) is 0 Å². The minimum absolute atomic E-state index is 0.0417. The van der Waals surface area contributed by atoms with Gasteiger partial charge in [0.05, 0.1) is 77.8 Å². The van der Waals surface area contributed by atoms with Gasteiger partial charge in [0.25, 0.3) is 0 Å². The van der Waals surface area contributed by atoms with E-state index in [0.29, 0.717) is 26.4 Å². The highest BCUT2D eigenvalue weighted by atomic mass is 16.5. The average molecular weight is 378 g/mol. The molecule has 0 saturated carbocycles. The maximum Gasteiger partial charge on any atom is 0.0742 e. The molecule has 0 rings (SSSR count). The molecule has 0 fully saturated rings. The van der Waals surface area contributed by atoms with Crippen LogP contribution in [-0.4, -0.2) is 119 Å². The molecule has 0 saturated heterocycles. The Morgan fingerprint density at radius 1 is 0.520 bits per heavy atom. The van der Waals surface area contributed by atoms with E-state index >= 15 is 0 Å². The van der Waals surface area contributed by atoms with Crippen LogP contribution in [-0.2, 0) is 9.47 Å². The molecule has 3 atom stereocenters. The van der Waals surface area contributed by atoms with Gasteiger partial charge in [-0.1, -0.05) is 0 Å². The van der Waals surface area contributed by atoms with Crippen LogP contribution in [0.3, 0.4) is 0 Å². The van der Waals surface area contributed by atoms with Gasteiger partial charge in [0.1, 0.15) is 0 Å². The minimum atomic E-state index is -0.560. The number of rotatable bonds is 10. The molecule has 0 aliphatic carbocycles. The molecule has 0 aliphatic heterocycles. The quantitative estimate of drug-likeness (QED) is 0.183. The van der Waals surface area contributed by atoms with E-state index in [1.807, 2.05) is 0 Å². The first-order valence-electron chi connectivity index (χ1n) is 7.97. The van der Waals surface area contributed by atoms with E-state index in [2.05, 4.69) is 0 Å². The Morgan fingerprint density at radius 3 is 0.840 bits per heavy atom. The molecule has 0 aliphatic rings. The van der Waals surface area contributed by atoms with Gasteiger partial charge in [0.15, 0.2) is 0 Å². The van der Waals surface area contributed by atoms with Gasteiger partial charge < -0.3 is 50.3 Å². The summed E-state index contributed by atoms with van der Waals surface area (Å²) in [6, 6.07) is 0. The van der Waals surface area contributed by atoms with Crippen molar-refractivity contribution in [3.05, 3.63) is 0 Å². The smallest absolute Gasteiger partial charge is 0.0742 e. The van der Waals surface area contributed by atoms with E-state index in [1.165, 1.54) is 20.8 Å². The zero-order valence-electron chi connectivity index (χ0n) is 15.5. The highest BCUT2D eigenvalue weighted by Gasteiger charge is 1.87. The van der Waals surface area contributed by atoms with Crippen LogP contribution >= 0.6 is 0 Å². The molecule has 0 aromatic carbocycles. The fraction of sp³-hybridized carbons (Fsp3) is 1.00. The fourth-order valence-electron chi connectivity index (χ4n) is 0.451. The summed E-state index contributed by atoms with van der Waals surface area (Å²) in [5.74, 6) is 0. The standard InChI is InChI=1S/C6H14O4.3C3H8O2/c7-1-3-9-5-6-10-4-2-8;3*1-3(5)2-4/h7-8H,1-6H2;3*3-5H,2H2,1H3. The third-order valence-corrected chi connectivity index (χ3v) is 1.64. The lowest BCUT2D eigenvalue weighted by molar-refractivity contribution is 0.0222. The first-order valence-corrected chi connectivity index (χ1v) is 7.97. The van der Waals surface area contributed by atoms with Gasteiger partial charge in [-0.2, -0.15) is 0 Å². The zero-order chi connectivity index (χ0) is 20.5. The summed E-state index contributed by atoms with van der Waals surface area (Å²) in [6.07, 6.45) is -1.68. The van der Waals surface area contributed by atoms with E-state index in [-0.39, 0.29) is 33.0 Å². The van der Waals surface area contributed by atoms with Gasteiger partial charge in [-0.25, -0.2) is 0 Å². The van der Waals surface area contributed by atoms with Crippen molar-refractivity contribution in [3.8, 4) is 0 Å². The number of hydrogen-bond donors (Lipinski definition) is 8. The second kappa shape index (κ2) is 31.4. The minimum Gasteiger partial charge on any atom is -0.394 e. The lowest BCUT2D eigenvalue weighted by atomic mass is 10.5. The van der Waals surface area contributed by atoms with Crippen molar-refractivity contribution >= 4 is 0 Å². The van der Waals surface area contributed by atoms with Crippen molar-refractivity contribution in [2.45, 2.75) is 39.1 Å². The number of aliphatic hydroxyl groups is 8. The predicted molar refractivity (Wildman–Crippen MR) is 92.1 cm³/mol. The molecule has 10 heteroatoms. The normalized spacial score (nSPS) is 13.1. The lowest BCUT2D eigenvalue weighted by Gasteiger charge is -2.01. The van der Waals surface area contributed by atoms with Crippen molar-refractivity contribution in [1.29, 1.82) is 0 Å². The molecule has 0 radical (unpaired) electrons. The zero-order valence-corrected chi connectivity index (χ0v) is 15.5. The topological polar surface area (TPSA) is 180 Å². The van der Waals surface area contributed by atoms with Crippen LogP contribution in [0.25, 0.3) is 0 Å². The van der Waals surface area contributed by atoms with Crippen LogP contribution < -0.4 is 0 Å². The summed E-state index contributed by atoms with van der Waals surface area (Å²) in [5.41, 5.74) is 0. The maximum atomic E-state index is 8.26. The highest BCUT2D eigenvalue weighted by Crippen LogP contribution is 1.76. The Morgan fingerprint density at radius 2 is 0.720 bits per heavy atom. The SMILES string of the molecule is CC(O)CO.CC(O)CO.CC(O)CO.OCCOCCOCCO.